The Morgan fingerprint density at radius 3 is 2.68 bits per heavy atom. The van der Waals surface area contributed by atoms with Gasteiger partial charge in [-0.3, -0.25) is 4.79 Å². The van der Waals surface area contributed by atoms with Crippen LogP contribution >= 0.6 is 0 Å². The van der Waals surface area contributed by atoms with Gasteiger partial charge in [0.15, 0.2) is 5.96 Å². The van der Waals surface area contributed by atoms with Gasteiger partial charge in [0.05, 0.1) is 12.8 Å². The summed E-state index contributed by atoms with van der Waals surface area (Å²) in [5.41, 5.74) is 2.47. The van der Waals surface area contributed by atoms with Crippen molar-refractivity contribution < 1.29 is 9.21 Å². The minimum absolute atomic E-state index is 0.0706. The van der Waals surface area contributed by atoms with Crippen LogP contribution in [0.1, 0.15) is 23.8 Å². The molecule has 2 N–H and O–H groups in total. The lowest BCUT2D eigenvalue weighted by atomic mass is 10.1. The zero-order chi connectivity index (χ0) is 18.1. The van der Waals surface area contributed by atoms with Gasteiger partial charge in [0, 0.05) is 20.1 Å². The van der Waals surface area contributed by atoms with Crippen LogP contribution in [-0.2, 0) is 17.9 Å². The molecule has 2 aromatic rings. The molecule has 1 amide bonds. The van der Waals surface area contributed by atoms with E-state index >= 15 is 0 Å². The number of carbonyl (C=O) groups is 1. The highest BCUT2D eigenvalue weighted by Gasteiger charge is 2.09. The lowest BCUT2D eigenvalue weighted by Crippen LogP contribution is -2.39. The van der Waals surface area contributed by atoms with Crippen LogP contribution in [0.25, 0.3) is 0 Å². The Balaban J connectivity index is 1.92. The summed E-state index contributed by atoms with van der Waals surface area (Å²) in [6, 6.07) is 11.9. The van der Waals surface area contributed by atoms with E-state index in [1.54, 1.807) is 12.3 Å². The van der Waals surface area contributed by atoms with Crippen molar-refractivity contribution in [1.29, 1.82) is 0 Å². The molecule has 0 atom stereocenters. The highest BCUT2D eigenvalue weighted by atomic mass is 16.3. The molecule has 0 radical (unpaired) electrons. The summed E-state index contributed by atoms with van der Waals surface area (Å²) in [5, 5.41) is 6.02. The van der Waals surface area contributed by atoms with E-state index in [4.69, 9.17) is 4.42 Å². The molecule has 6 heteroatoms. The highest BCUT2D eigenvalue weighted by molar-refractivity contribution is 5.84. The topological polar surface area (TPSA) is 69.9 Å². The second-order valence-electron chi connectivity index (χ2n) is 5.81. The van der Waals surface area contributed by atoms with Crippen molar-refractivity contribution in [3.63, 3.8) is 0 Å². The van der Waals surface area contributed by atoms with Crippen LogP contribution < -0.4 is 10.6 Å². The number of hydrogen-bond donors (Lipinski definition) is 2. The Hall–Kier alpha value is -2.76. The van der Waals surface area contributed by atoms with Crippen molar-refractivity contribution in [2.24, 2.45) is 4.99 Å². The molecule has 0 saturated carbocycles. The molecule has 25 heavy (non-hydrogen) atoms. The summed E-state index contributed by atoms with van der Waals surface area (Å²) < 4.78 is 5.19. The predicted octanol–water partition coefficient (Wildman–Crippen LogP) is 2.30. The van der Waals surface area contributed by atoms with E-state index in [2.05, 4.69) is 34.7 Å². The van der Waals surface area contributed by atoms with Crippen molar-refractivity contribution in [3.05, 3.63) is 59.5 Å². The van der Waals surface area contributed by atoms with Crippen LogP contribution in [0, 0.1) is 6.92 Å². The molecule has 6 nitrogen and oxygen atoms in total. The Morgan fingerprint density at radius 1 is 1.20 bits per heavy atom. The first-order valence-electron chi connectivity index (χ1n) is 8.43. The number of aryl methyl sites for hydroxylation is 1. The number of furan rings is 1. The number of guanidine groups is 1. The Kier molecular flexibility index (Phi) is 7.07. The van der Waals surface area contributed by atoms with Crippen LogP contribution in [0.3, 0.4) is 0 Å². The van der Waals surface area contributed by atoms with Crippen molar-refractivity contribution in [2.45, 2.75) is 26.9 Å². The number of carbonyl (C=O) groups excluding carboxylic acids is 1. The van der Waals surface area contributed by atoms with E-state index in [1.807, 2.05) is 37.1 Å². The van der Waals surface area contributed by atoms with Gasteiger partial charge in [0.1, 0.15) is 12.3 Å². The number of aliphatic imine (C=N–C) groups is 1. The van der Waals surface area contributed by atoms with Crippen LogP contribution in [0.15, 0.2) is 52.1 Å². The maximum Gasteiger partial charge on any atom is 0.242 e. The second-order valence-corrected chi connectivity index (χ2v) is 5.81. The van der Waals surface area contributed by atoms with Gasteiger partial charge in [-0.1, -0.05) is 24.3 Å². The Bertz CT molecular complexity index is 695. The monoisotopic (exact) mass is 342 g/mol. The number of rotatable bonds is 7. The zero-order valence-electron chi connectivity index (χ0n) is 15.1. The Morgan fingerprint density at radius 2 is 2.00 bits per heavy atom. The largest absolute Gasteiger partial charge is 0.467 e. The molecule has 1 heterocycles. The second kappa shape index (κ2) is 9.52. The third-order valence-corrected chi connectivity index (χ3v) is 3.78. The molecule has 1 aromatic heterocycles. The standard InChI is InChI=1S/C19H26N4O2/c1-4-20-19(23(3)14-16-9-6-5-8-15(16)2)22-13-18(24)21-12-17-10-7-11-25-17/h5-11H,4,12-14H2,1-3H3,(H,20,22)(H,21,24). The van der Waals surface area contributed by atoms with Crippen LogP contribution in [-0.4, -0.2) is 36.9 Å². The van der Waals surface area contributed by atoms with Gasteiger partial charge in [-0.05, 0) is 37.1 Å². The van der Waals surface area contributed by atoms with Gasteiger partial charge in [0.25, 0.3) is 0 Å². The molecule has 0 fully saturated rings. The smallest absolute Gasteiger partial charge is 0.242 e. The molecule has 0 saturated heterocycles. The summed E-state index contributed by atoms with van der Waals surface area (Å²) in [4.78, 5) is 18.4. The first-order chi connectivity index (χ1) is 12.1. The van der Waals surface area contributed by atoms with Gasteiger partial charge < -0.3 is 20.0 Å². The molecule has 0 spiro atoms. The average molecular weight is 342 g/mol. The number of hydrogen-bond acceptors (Lipinski definition) is 3. The summed E-state index contributed by atoms with van der Waals surface area (Å²) >= 11 is 0. The molecule has 0 aliphatic carbocycles. The summed E-state index contributed by atoms with van der Waals surface area (Å²) in [7, 11) is 1.97. The first kappa shape index (κ1) is 18.6. The normalized spacial score (nSPS) is 11.2. The van der Waals surface area contributed by atoms with Crippen LogP contribution in [0.4, 0.5) is 0 Å². The molecule has 0 aliphatic rings. The fraction of sp³-hybridized carbons (Fsp3) is 0.368. The lowest BCUT2D eigenvalue weighted by Gasteiger charge is -2.23. The number of amides is 1. The van der Waals surface area contributed by atoms with Gasteiger partial charge in [0.2, 0.25) is 5.91 Å². The van der Waals surface area contributed by atoms with E-state index in [9.17, 15) is 4.79 Å². The summed E-state index contributed by atoms with van der Waals surface area (Å²) in [6.07, 6.45) is 1.59. The van der Waals surface area contributed by atoms with Crippen molar-refractivity contribution in [3.8, 4) is 0 Å². The summed E-state index contributed by atoms with van der Waals surface area (Å²) in [5.74, 6) is 1.29. The Labute approximate surface area is 148 Å². The number of nitrogens with zero attached hydrogens (tertiary/aromatic N) is 2. The third kappa shape index (κ3) is 5.99. The van der Waals surface area contributed by atoms with Gasteiger partial charge in [-0.2, -0.15) is 0 Å². The van der Waals surface area contributed by atoms with Crippen LogP contribution in [0.2, 0.25) is 0 Å². The average Bonchev–Trinajstić information content (AvgIpc) is 3.12. The maximum absolute atomic E-state index is 12.0. The van der Waals surface area contributed by atoms with Crippen LogP contribution in [0.5, 0.6) is 0 Å². The molecule has 0 unspecified atom stereocenters. The zero-order valence-corrected chi connectivity index (χ0v) is 15.1. The quantitative estimate of drug-likeness (QED) is 0.598. The number of nitrogens with one attached hydrogen (secondary N) is 2. The SMILES string of the molecule is CCNC(=NCC(=O)NCc1ccco1)N(C)Cc1ccccc1C. The van der Waals surface area contributed by atoms with Gasteiger partial charge in [-0.25, -0.2) is 4.99 Å². The lowest BCUT2D eigenvalue weighted by molar-refractivity contribution is -0.119. The van der Waals surface area contributed by atoms with E-state index in [-0.39, 0.29) is 12.5 Å². The highest BCUT2D eigenvalue weighted by Crippen LogP contribution is 2.09. The molecule has 0 aliphatic heterocycles. The third-order valence-electron chi connectivity index (χ3n) is 3.78. The molecule has 134 valence electrons. The van der Waals surface area contributed by atoms with Crippen molar-refractivity contribution in [2.75, 3.05) is 20.1 Å². The molecular weight excluding hydrogens is 316 g/mol. The van der Waals surface area contributed by atoms with Crippen molar-refractivity contribution >= 4 is 11.9 Å². The van der Waals surface area contributed by atoms with Gasteiger partial charge in [-0.15, -0.1) is 0 Å². The fourth-order valence-corrected chi connectivity index (χ4v) is 2.39. The predicted molar refractivity (Wildman–Crippen MR) is 99.2 cm³/mol. The fourth-order valence-electron chi connectivity index (χ4n) is 2.39. The number of benzene rings is 1. The first-order valence-corrected chi connectivity index (χ1v) is 8.43. The molecule has 2 rings (SSSR count). The minimum atomic E-state index is -0.143. The van der Waals surface area contributed by atoms with E-state index in [0.717, 1.165) is 18.8 Å². The van der Waals surface area contributed by atoms with E-state index in [0.29, 0.717) is 12.5 Å². The minimum Gasteiger partial charge on any atom is -0.467 e. The summed E-state index contributed by atoms with van der Waals surface area (Å²) in [6.45, 7) is 6.01. The molecule has 1 aromatic carbocycles. The molecular formula is C19H26N4O2. The van der Waals surface area contributed by atoms with E-state index in [1.165, 1.54) is 11.1 Å². The van der Waals surface area contributed by atoms with Gasteiger partial charge >= 0.3 is 0 Å². The molecule has 0 bridgehead atoms. The van der Waals surface area contributed by atoms with E-state index < -0.39 is 0 Å². The maximum atomic E-state index is 12.0. The van der Waals surface area contributed by atoms with Crippen molar-refractivity contribution in [1.82, 2.24) is 15.5 Å².